The van der Waals surface area contributed by atoms with Gasteiger partial charge in [0.2, 0.25) is 11.8 Å². The third kappa shape index (κ3) is 7.06. The summed E-state index contributed by atoms with van der Waals surface area (Å²) in [6.07, 6.45) is -0.0242. The highest BCUT2D eigenvalue weighted by molar-refractivity contribution is 6.36. The Kier molecular flexibility index (Phi) is 9.44. The first-order chi connectivity index (χ1) is 17.2. The van der Waals surface area contributed by atoms with Gasteiger partial charge in [-0.05, 0) is 31.5 Å². The maximum Gasteiger partial charge on any atom is 0.273 e. The van der Waals surface area contributed by atoms with Crippen LogP contribution in [0.1, 0.15) is 30.5 Å². The number of hydrogen-bond donors (Lipinski definition) is 1. The molecule has 36 heavy (non-hydrogen) atoms. The molecule has 1 unspecified atom stereocenters. The SMILES string of the molecule is CC(C)NC(=O)C(Cc1ccccc1)N(Cc1c(Cl)cccc1Cl)C(=O)Cc1ccccc1[N+](=O)[O-]. The van der Waals surface area contributed by atoms with Crippen LogP contribution in [0.5, 0.6) is 0 Å². The highest BCUT2D eigenvalue weighted by Crippen LogP contribution is 2.28. The van der Waals surface area contributed by atoms with Crippen molar-refractivity contribution in [1.29, 1.82) is 0 Å². The van der Waals surface area contributed by atoms with Gasteiger partial charge in [0, 0.05) is 46.2 Å². The van der Waals surface area contributed by atoms with Gasteiger partial charge in [-0.2, -0.15) is 0 Å². The zero-order valence-electron chi connectivity index (χ0n) is 20.0. The lowest BCUT2D eigenvalue weighted by molar-refractivity contribution is -0.385. The molecule has 9 heteroatoms. The van der Waals surface area contributed by atoms with E-state index < -0.39 is 16.9 Å². The third-order valence-corrected chi connectivity index (χ3v) is 6.33. The number of hydrogen-bond acceptors (Lipinski definition) is 4. The van der Waals surface area contributed by atoms with Crippen LogP contribution in [0.25, 0.3) is 0 Å². The summed E-state index contributed by atoms with van der Waals surface area (Å²) in [6, 6.07) is 19.4. The van der Waals surface area contributed by atoms with Gasteiger partial charge in [0.1, 0.15) is 6.04 Å². The molecule has 0 aliphatic heterocycles. The molecular formula is C27H27Cl2N3O4. The van der Waals surface area contributed by atoms with Crippen LogP contribution in [0.3, 0.4) is 0 Å². The highest BCUT2D eigenvalue weighted by atomic mass is 35.5. The molecule has 0 aromatic heterocycles. The number of nitro groups is 1. The largest absolute Gasteiger partial charge is 0.352 e. The molecule has 0 spiro atoms. The second kappa shape index (κ2) is 12.5. The van der Waals surface area contributed by atoms with Crippen molar-refractivity contribution < 1.29 is 14.5 Å². The Morgan fingerprint density at radius 1 is 0.944 bits per heavy atom. The Balaban J connectivity index is 2.06. The molecule has 3 aromatic carbocycles. The van der Waals surface area contributed by atoms with E-state index in [0.717, 1.165) is 5.56 Å². The normalized spacial score (nSPS) is 11.7. The summed E-state index contributed by atoms with van der Waals surface area (Å²) in [5, 5.41) is 15.2. The van der Waals surface area contributed by atoms with E-state index in [1.165, 1.54) is 17.0 Å². The summed E-state index contributed by atoms with van der Waals surface area (Å²) >= 11 is 12.8. The topological polar surface area (TPSA) is 92.6 Å². The first-order valence-corrected chi connectivity index (χ1v) is 12.2. The van der Waals surface area contributed by atoms with Crippen LogP contribution in [0.2, 0.25) is 10.0 Å². The number of nitro benzene ring substituents is 1. The molecular weight excluding hydrogens is 501 g/mol. The molecule has 0 aliphatic carbocycles. The van der Waals surface area contributed by atoms with E-state index in [9.17, 15) is 19.7 Å². The molecule has 0 saturated carbocycles. The third-order valence-electron chi connectivity index (χ3n) is 5.62. The van der Waals surface area contributed by atoms with Gasteiger partial charge in [-0.25, -0.2) is 0 Å². The van der Waals surface area contributed by atoms with Crippen molar-refractivity contribution in [2.45, 2.75) is 45.3 Å². The Morgan fingerprint density at radius 3 is 2.17 bits per heavy atom. The molecule has 0 heterocycles. The van der Waals surface area contributed by atoms with Crippen LogP contribution in [0, 0.1) is 10.1 Å². The van der Waals surface area contributed by atoms with Gasteiger partial charge >= 0.3 is 0 Å². The second-order valence-corrected chi connectivity index (χ2v) is 9.47. The number of benzene rings is 3. The van der Waals surface area contributed by atoms with Crippen LogP contribution in [-0.2, 0) is 29.0 Å². The summed E-state index contributed by atoms with van der Waals surface area (Å²) in [4.78, 5) is 39.6. The van der Waals surface area contributed by atoms with E-state index in [0.29, 0.717) is 15.6 Å². The van der Waals surface area contributed by atoms with Crippen LogP contribution in [0.4, 0.5) is 5.69 Å². The van der Waals surface area contributed by atoms with E-state index in [4.69, 9.17) is 23.2 Å². The summed E-state index contributed by atoms with van der Waals surface area (Å²) < 4.78 is 0. The number of rotatable bonds is 10. The highest BCUT2D eigenvalue weighted by Gasteiger charge is 2.32. The Morgan fingerprint density at radius 2 is 1.56 bits per heavy atom. The van der Waals surface area contributed by atoms with Crippen LogP contribution in [-0.4, -0.2) is 33.7 Å². The molecule has 0 saturated heterocycles. The average molecular weight is 528 g/mol. The van der Waals surface area contributed by atoms with Crippen molar-refractivity contribution in [1.82, 2.24) is 10.2 Å². The lowest BCUT2D eigenvalue weighted by atomic mass is 10.0. The van der Waals surface area contributed by atoms with E-state index in [2.05, 4.69) is 5.32 Å². The molecule has 1 atom stereocenters. The zero-order valence-corrected chi connectivity index (χ0v) is 21.5. The molecule has 0 radical (unpaired) electrons. The smallest absolute Gasteiger partial charge is 0.273 e. The van der Waals surface area contributed by atoms with Crippen LogP contribution >= 0.6 is 23.2 Å². The Labute approximate surface area is 220 Å². The molecule has 188 valence electrons. The first-order valence-electron chi connectivity index (χ1n) is 11.5. The minimum Gasteiger partial charge on any atom is -0.352 e. The van der Waals surface area contributed by atoms with E-state index in [1.807, 2.05) is 44.2 Å². The predicted octanol–water partition coefficient (Wildman–Crippen LogP) is 5.61. The van der Waals surface area contributed by atoms with Gasteiger partial charge in [0.05, 0.1) is 11.3 Å². The molecule has 0 bridgehead atoms. The fraction of sp³-hybridized carbons (Fsp3) is 0.259. The predicted molar refractivity (Wildman–Crippen MR) is 141 cm³/mol. The minimum absolute atomic E-state index is 0.0407. The number of amides is 2. The molecule has 2 amide bonds. The van der Waals surface area contributed by atoms with Crippen molar-refractivity contribution >= 4 is 40.7 Å². The van der Waals surface area contributed by atoms with Crippen molar-refractivity contribution in [2.24, 2.45) is 0 Å². The molecule has 3 aromatic rings. The minimum atomic E-state index is -0.905. The number of carbonyl (C=O) groups is 2. The molecule has 7 nitrogen and oxygen atoms in total. The van der Waals surface area contributed by atoms with E-state index in [-0.39, 0.29) is 42.6 Å². The summed E-state index contributed by atoms with van der Waals surface area (Å²) in [6.45, 7) is 3.63. The van der Waals surface area contributed by atoms with E-state index >= 15 is 0 Å². The monoisotopic (exact) mass is 527 g/mol. The number of carbonyl (C=O) groups excluding carboxylic acids is 2. The summed E-state index contributed by atoms with van der Waals surface area (Å²) in [5.74, 6) is -0.798. The van der Waals surface area contributed by atoms with E-state index in [1.54, 1.807) is 30.3 Å². The second-order valence-electron chi connectivity index (χ2n) is 8.65. The summed E-state index contributed by atoms with van der Waals surface area (Å²) in [7, 11) is 0. The number of halogens is 2. The van der Waals surface area contributed by atoms with Gasteiger partial charge in [-0.3, -0.25) is 19.7 Å². The zero-order chi connectivity index (χ0) is 26.2. The maximum atomic E-state index is 13.8. The van der Waals surface area contributed by atoms with Crippen molar-refractivity contribution in [2.75, 3.05) is 0 Å². The fourth-order valence-corrected chi connectivity index (χ4v) is 4.41. The van der Waals surface area contributed by atoms with Crippen molar-refractivity contribution in [3.05, 3.63) is 110 Å². The lowest BCUT2D eigenvalue weighted by Gasteiger charge is -2.32. The average Bonchev–Trinajstić information content (AvgIpc) is 2.83. The molecule has 0 fully saturated rings. The molecule has 3 rings (SSSR count). The number of para-hydroxylation sites is 1. The number of nitrogens with zero attached hydrogens (tertiary/aromatic N) is 2. The number of nitrogens with one attached hydrogen (secondary N) is 1. The van der Waals surface area contributed by atoms with Crippen LogP contribution < -0.4 is 5.32 Å². The quantitative estimate of drug-likeness (QED) is 0.274. The van der Waals surface area contributed by atoms with Gasteiger partial charge < -0.3 is 10.2 Å². The van der Waals surface area contributed by atoms with Gasteiger partial charge in [0.25, 0.3) is 5.69 Å². The standard InChI is InChI=1S/C27H27Cl2N3O4/c1-18(2)30-27(34)25(15-19-9-4-3-5-10-19)31(17-21-22(28)12-8-13-23(21)29)26(33)16-20-11-6-7-14-24(20)32(35)36/h3-14,18,25H,15-17H2,1-2H3,(H,30,34). The summed E-state index contributed by atoms with van der Waals surface area (Å²) in [5.41, 5.74) is 1.45. The lowest BCUT2D eigenvalue weighted by Crippen LogP contribution is -2.52. The fourth-order valence-electron chi connectivity index (χ4n) is 3.89. The first kappa shape index (κ1) is 27.2. The van der Waals surface area contributed by atoms with Crippen molar-refractivity contribution in [3.8, 4) is 0 Å². The Bertz CT molecular complexity index is 1210. The molecule has 0 aliphatic rings. The molecule has 1 N–H and O–H groups in total. The van der Waals surface area contributed by atoms with Crippen molar-refractivity contribution in [3.63, 3.8) is 0 Å². The Hall–Kier alpha value is -3.42. The van der Waals surface area contributed by atoms with Gasteiger partial charge in [0.15, 0.2) is 0 Å². The maximum absolute atomic E-state index is 13.8. The van der Waals surface area contributed by atoms with Gasteiger partial charge in [-0.1, -0.05) is 77.8 Å². The van der Waals surface area contributed by atoms with Gasteiger partial charge in [-0.15, -0.1) is 0 Å². The van der Waals surface area contributed by atoms with Crippen LogP contribution in [0.15, 0.2) is 72.8 Å².